The molecule has 2 aliphatic carbocycles. The van der Waals surface area contributed by atoms with E-state index in [1.807, 2.05) is 6.92 Å². The lowest BCUT2D eigenvalue weighted by molar-refractivity contribution is -0.151. The summed E-state index contributed by atoms with van der Waals surface area (Å²) >= 11 is 0. The smallest absolute Gasteiger partial charge is 0.267 e. The van der Waals surface area contributed by atoms with E-state index in [0.29, 0.717) is 12.4 Å². The van der Waals surface area contributed by atoms with Crippen molar-refractivity contribution in [1.29, 1.82) is 0 Å². The standard InChI is InChI=1S/C27H34N4O6S/c1-18-15-20(23-7-2-3-8-24(23)28-18)17-37-21-9-11-22(12-10-21)38(35,36)30-13-14-31(25(16-30)26(32)29-34)27(33)19-5-4-6-19/h9-12,15,19,25,34H,2-8,13-14,16-17H2,1H3,(H,29,32). The molecule has 204 valence electrons. The minimum atomic E-state index is -3.93. The van der Waals surface area contributed by atoms with Crippen molar-refractivity contribution in [1.82, 2.24) is 19.7 Å². The number of benzene rings is 1. The second-order valence-corrected chi connectivity index (χ2v) is 12.3. The normalized spacial score (nSPS) is 20.4. The van der Waals surface area contributed by atoms with Gasteiger partial charge in [0, 0.05) is 36.9 Å². The maximum atomic E-state index is 13.4. The van der Waals surface area contributed by atoms with Gasteiger partial charge in [0.15, 0.2) is 0 Å². The molecule has 1 unspecified atom stereocenters. The zero-order valence-electron chi connectivity index (χ0n) is 21.6. The van der Waals surface area contributed by atoms with Crippen molar-refractivity contribution in [2.45, 2.75) is 69.4 Å². The summed E-state index contributed by atoms with van der Waals surface area (Å²) in [5.74, 6) is -0.540. The summed E-state index contributed by atoms with van der Waals surface area (Å²) < 4.78 is 34.0. The molecule has 1 saturated carbocycles. The van der Waals surface area contributed by atoms with Gasteiger partial charge >= 0.3 is 0 Å². The van der Waals surface area contributed by atoms with E-state index in [9.17, 15) is 23.2 Å². The molecule has 5 rings (SSSR count). The Hall–Kier alpha value is -3.02. The number of hydrogen-bond acceptors (Lipinski definition) is 7. The number of fused-ring (bicyclic) bond motifs is 1. The summed E-state index contributed by atoms with van der Waals surface area (Å²) in [5.41, 5.74) is 6.09. The highest BCUT2D eigenvalue weighted by Gasteiger charge is 2.42. The van der Waals surface area contributed by atoms with Gasteiger partial charge < -0.3 is 9.64 Å². The van der Waals surface area contributed by atoms with Crippen molar-refractivity contribution in [3.05, 3.63) is 52.8 Å². The van der Waals surface area contributed by atoms with Crippen molar-refractivity contribution < 1.29 is 28.0 Å². The van der Waals surface area contributed by atoms with Crippen molar-refractivity contribution in [3.63, 3.8) is 0 Å². The molecular formula is C27H34N4O6S. The summed E-state index contributed by atoms with van der Waals surface area (Å²) in [6.45, 7) is 2.30. The molecule has 2 heterocycles. The van der Waals surface area contributed by atoms with Crippen LogP contribution < -0.4 is 10.2 Å². The Balaban J connectivity index is 1.27. The van der Waals surface area contributed by atoms with E-state index in [1.165, 1.54) is 26.9 Å². The fourth-order valence-electron chi connectivity index (χ4n) is 5.52. The summed E-state index contributed by atoms with van der Waals surface area (Å²) in [5, 5.41) is 9.22. The number of nitrogens with zero attached hydrogens (tertiary/aromatic N) is 3. The largest absolute Gasteiger partial charge is 0.489 e. The van der Waals surface area contributed by atoms with Crippen LogP contribution in [0.4, 0.5) is 0 Å². The Bertz CT molecular complexity index is 1310. The quantitative estimate of drug-likeness (QED) is 0.406. The predicted octanol–water partition coefficient (Wildman–Crippen LogP) is 2.35. The van der Waals surface area contributed by atoms with Gasteiger partial charge in [-0.25, -0.2) is 13.9 Å². The Morgan fingerprint density at radius 2 is 1.84 bits per heavy atom. The molecule has 0 bridgehead atoms. The Labute approximate surface area is 223 Å². The van der Waals surface area contributed by atoms with Crippen LogP contribution in [-0.4, -0.2) is 65.3 Å². The van der Waals surface area contributed by atoms with Crippen molar-refractivity contribution in [2.75, 3.05) is 19.6 Å². The number of carbonyl (C=O) groups excluding carboxylic acids is 2. The lowest BCUT2D eigenvalue weighted by Crippen LogP contribution is -2.62. The second-order valence-electron chi connectivity index (χ2n) is 10.3. The molecule has 2 amide bonds. The number of piperazine rings is 1. The molecule has 11 heteroatoms. The van der Waals surface area contributed by atoms with E-state index in [1.54, 1.807) is 17.6 Å². The number of pyridine rings is 1. The lowest BCUT2D eigenvalue weighted by Gasteiger charge is -2.42. The molecule has 38 heavy (non-hydrogen) atoms. The number of hydroxylamine groups is 1. The van der Waals surface area contributed by atoms with Crippen molar-refractivity contribution in [2.24, 2.45) is 5.92 Å². The van der Waals surface area contributed by atoms with E-state index >= 15 is 0 Å². The predicted molar refractivity (Wildman–Crippen MR) is 138 cm³/mol. The third-order valence-corrected chi connectivity index (χ3v) is 9.75. The first-order valence-corrected chi connectivity index (χ1v) is 14.7. The van der Waals surface area contributed by atoms with Gasteiger partial charge in [0.1, 0.15) is 18.4 Å². The zero-order valence-corrected chi connectivity index (χ0v) is 22.4. The molecule has 0 radical (unpaired) electrons. The van der Waals surface area contributed by atoms with Gasteiger partial charge in [-0.15, -0.1) is 0 Å². The summed E-state index contributed by atoms with van der Waals surface area (Å²) in [4.78, 5) is 31.3. The molecule has 2 aromatic rings. The van der Waals surface area contributed by atoms with Crippen LogP contribution in [0, 0.1) is 12.8 Å². The van der Waals surface area contributed by atoms with Gasteiger partial charge in [-0.1, -0.05) is 6.42 Å². The van der Waals surface area contributed by atoms with Crippen molar-refractivity contribution >= 4 is 21.8 Å². The first-order valence-electron chi connectivity index (χ1n) is 13.2. The fourth-order valence-corrected chi connectivity index (χ4v) is 6.96. The number of rotatable bonds is 7. The van der Waals surface area contributed by atoms with Crippen LogP contribution in [0.25, 0.3) is 0 Å². The molecule has 1 saturated heterocycles. The van der Waals surface area contributed by atoms with Crippen LogP contribution in [0.2, 0.25) is 0 Å². The Kier molecular flexibility index (Phi) is 7.69. The monoisotopic (exact) mass is 542 g/mol. The molecular weight excluding hydrogens is 508 g/mol. The highest BCUT2D eigenvalue weighted by Crippen LogP contribution is 2.31. The number of carbonyl (C=O) groups is 2. The topological polar surface area (TPSA) is 129 Å². The minimum absolute atomic E-state index is 0.0702. The second kappa shape index (κ2) is 11.0. The number of sulfonamides is 1. The molecule has 2 fully saturated rings. The molecule has 3 aliphatic rings. The van der Waals surface area contributed by atoms with Gasteiger partial charge in [0.05, 0.1) is 4.90 Å². The zero-order chi connectivity index (χ0) is 26.9. The summed E-state index contributed by atoms with van der Waals surface area (Å²) in [7, 11) is -3.93. The molecule has 2 N–H and O–H groups in total. The number of amides is 2. The van der Waals surface area contributed by atoms with Crippen molar-refractivity contribution in [3.8, 4) is 5.75 Å². The average Bonchev–Trinajstić information content (AvgIpc) is 2.90. The molecule has 1 atom stereocenters. The Morgan fingerprint density at radius 3 is 2.53 bits per heavy atom. The number of aryl methyl sites for hydroxylation is 2. The summed E-state index contributed by atoms with van der Waals surface area (Å²) in [6, 6.07) is 7.20. The van der Waals surface area contributed by atoms with Crippen LogP contribution >= 0.6 is 0 Å². The number of aromatic nitrogens is 1. The van der Waals surface area contributed by atoms with E-state index in [0.717, 1.165) is 61.9 Å². The first kappa shape index (κ1) is 26.6. The van der Waals surface area contributed by atoms with E-state index in [-0.39, 0.29) is 36.4 Å². The van der Waals surface area contributed by atoms with Crippen LogP contribution in [-0.2, 0) is 39.1 Å². The van der Waals surface area contributed by atoms with Gasteiger partial charge in [0.25, 0.3) is 5.91 Å². The van der Waals surface area contributed by atoms with Gasteiger partial charge in [-0.2, -0.15) is 4.31 Å². The summed E-state index contributed by atoms with van der Waals surface area (Å²) in [6.07, 6.45) is 6.77. The molecule has 0 spiro atoms. The first-order chi connectivity index (χ1) is 18.3. The lowest BCUT2D eigenvalue weighted by atomic mass is 9.84. The van der Waals surface area contributed by atoms with Gasteiger partial charge in [-0.3, -0.25) is 19.8 Å². The maximum absolute atomic E-state index is 13.4. The molecule has 10 nitrogen and oxygen atoms in total. The third kappa shape index (κ3) is 5.27. The number of hydrogen-bond donors (Lipinski definition) is 2. The van der Waals surface area contributed by atoms with Gasteiger partial charge in [-0.05, 0) is 86.9 Å². The fraction of sp³-hybridized carbons (Fsp3) is 0.519. The maximum Gasteiger partial charge on any atom is 0.267 e. The average molecular weight is 543 g/mol. The van der Waals surface area contributed by atoms with E-state index in [4.69, 9.17) is 4.74 Å². The van der Waals surface area contributed by atoms with Crippen LogP contribution in [0.1, 0.15) is 54.6 Å². The van der Waals surface area contributed by atoms with Crippen LogP contribution in [0.3, 0.4) is 0 Å². The molecule has 1 aromatic carbocycles. The highest BCUT2D eigenvalue weighted by atomic mass is 32.2. The van der Waals surface area contributed by atoms with Crippen LogP contribution in [0.5, 0.6) is 5.75 Å². The van der Waals surface area contributed by atoms with Gasteiger partial charge in [0.2, 0.25) is 15.9 Å². The number of nitrogens with one attached hydrogen (secondary N) is 1. The van der Waals surface area contributed by atoms with E-state index < -0.39 is 22.0 Å². The third-order valence-electron chi connectivity index (χ3n) is 7.87. The minimum Gasteiger partial charge on any atom is -0.489 e. The SMILES string of the molecule is Cc1cc(COc2ccc(S(=O)(=O)N3CCN(C(=O)C4CCC4)C(C(=O)NO)C3)cc2)c2c(n1)CCCC2. The Morgan fingerprint density at radius 1 is 1.11 bits per heavy atom. The van der Waals surface area contributed by atoms with E-state index in [2.05, 4.69) is 11.1 Å². The highest BCUT2D eigenvalue weighted by molar-refractivity contribution is 7.89. The van der Waals surface area contributed by atoms with Crippen LogP contribution in [0.15, 0.2) is 35.2 Å². The molecule has 1 aliphatic heterocycles. The molecule has 1 aromatic heterocycles. The number of ether oxygens (including phenoxy) is 1.